The maximum absolute atomic E-state index is 13.3. The number of ether oxygens (including phenoxy) is 1. The van der Waals surface area contributed by atoms with Gasteiger partial charge in [0, 0.05) is 30.5 Å². The molecule has 0 bridgehead atoms. The Kier molecular flexibility index (Phi) is 7.16. The Morgan fingerprint density at radius 1 is 1.19 bits per heavy atom. The second kappa shape index (κ2) is 10.1. The van der Waals surface area contributed by atoms with Crippen LogP contribution in [0.15, 0.2) is 47.6 Å². The number of amides is 1. The van der Waals surface area contributed by atoms with Crippen LogP contribution in [0.4, 0.5) is 11.6 Å². The van der Waals surface area contributed by atoms with Crippen molar-refractivity contribution in [2.24, 2.45) is 5.92 Å². The highest BCUT2D eigenvalue weighted by Crippen LogP contribution is 2.32. The van der Waals surface area contributed by atoms with E-state index in [-0.39, 0.29) is 28.4 Å². The van der Waals surface area contributed by atoms with Crippen LogP contribution in [0, 0.1) is 5.92 Å². The van der Waals surface area contributed by atoms with Crippen molar-refractivity contribution in [2.75, 3.05) is 17.2 Å². The van der Waals surface area contributed by atoms with E-state index in [9.17, 15) is 13.2 Å². The fourth-order valence-corrected chi connectivity index (χ4v) is 5.23. The molecule has 1 aliphatic heterocycles. The molecule has 3 aromatic rings. The molecule has 36 heavy (non-hydrogen) atoms. The summed E-state index contributed by atoms with van der Waals surface area (Å²) in [6.07, 6.45) is 4.96. The predicted octanol–water partition coefficient (Wildman–Crippen LogP) is 2.78. The smallest absolute Gasteiger partial charge is 0.268 e. The van der Waals surface area contributed by atoms with Crippen LogP contribution in [0.25, 0.3) is 5.82 Å². The van der Waals surface area contributed by atoms with Crippen molar-refractivity contribution in [2.45, 2.75) is 57.5 Å². The van der Waals surface area contributed by atoms with E-state index in [1.807, 2.05) is 4.90 Å². The predicted molar refractivity (Wildman–Crippen MR) is 136 cm³/mol. The third kappa shape index (κ3) is 5.27. The first kappa shape index (κ1) is 25.4. The van der Waals surface area contributed by atoms with Crippen LogP contribution < -0.4 is 20.1 Å². The van der Waals surface area contributed by atoms with E-state index in [1.165, 1.54) is 18.3 Å². The minimum absolute atomic E-state index is 0.113. The van der Waals surface area contributed by atoms with Gasteiger partial charge in [0.15, 0.2) is 5.82 Å². The molecule has 1 saturated heterocycles. The van der Waals surface area contributed by atoms with Gasteiger partial charge in [-0.2, -0.15) is 0 Å². The first-order valence-corrected chi connectivity index (χ1v) is 13.3. The van der Waals surface area contributed by atoms with Crippen molar-refractivity contribution in [1.82, 2.24) is 24.5 Å². The minimum Gasteiger partial charge on any atom is -0.476 e. The third-order valence-corrected chi connectivity index (χ3v) is 7.36. The number of rotatable bonds is 8. The summed E-state index contributed by atoms with van der Waals surface area (Å²) >= 11 is 0. The van der Waals surface area contributed by atoms with Gasteiger partial charge < -0.3 is 15.4 Å². The summed E-state index contributed by atoms with van der Waals surface area (Å²) in [4.78, 5) is 23.6. The zero-order valence-corrected chi connectivity index (χ0v) is 21.6. The van der Waals surface area contributed by atoms with Crippen molar-refractivity contribution < 1.29 is 17.9 Å². The highest BCUT2D eigenvalue weighted by molar-refractivity contribution is 7.90. The molecule has 12 heteroatoms. The molecule has 1 fully saturated rings. The number of hydrogen-bond acceptors (Lipinski definition) is 9. The lowest BCUT2D eigenvalue weighted by Gasteiger charge is -2.29. The van der Waals surface area contributed by atoms with Crippen molar-refractivity contribution in [3.05, 3.63) is 48.3 Å². The molecular weight excluding hydrogens is 482 g/mol. The number of carbonyl (C=O) groups is 1. The summed E-state index contributed by atoms with van der Waals surface area (Å²) in [7, 11) is -4.25. The number of nitrogens with two attached hydrogens (primary N) is 1. The first-order chi connectivity index (χ1) is 17.1. The van der Waals surface area contributed by atoms with Gasteiger partial charge in [-0.3, -0.25) is 4.79 Å². The molecule has 3 N–H and O–H groups in total. The highest BCUT2D eigenvalue weighted by atomic mass is 32.2. The van der Waals surface area contributed by atoms with Gasteiger partial charge in [-0.1, -0.05) is 13.8 Å². The second-order valence-electron chi connectivity index (χ2n) is 9.35. The Bertz CT molecular complexity index is 1350. The normalized spacial score (nSPS) is 18.0. The Morgan fingerprint density at radius 3 is 2.58 bits per heavy atom. The van der Waals surface area contributed by atoms with Crippen LogP contribution in [0.5, 0.6) is 5.88 Å². The molecule has 2 atom stereocenters. The number of carbonyl (C=O) groups excluding carboxylic acids is 1. The number of nitrogen functional groups attached to an aromatic ring is 1. The Morgan fingerprint density at radius 2 is 1.92 bits per heavy atom. The number of anilines is 2. The number of aromatic nitrogens is 4. The van der Waals surface area contributed by atoms with Crippen LogP contribution in [0.1, 0.15) is 50.9 Å². The number of nitrogens with zero attached hydrogens (tertiary/aromatic N) is 5. The van der Waals surface area contributed by atoms with E-state index in [0.717, 1.165) is 12.8 Å². The lowest BCUT2D eigenvalue weighted by molar-refractivity contribution is 0.0981. The molecule has 0 unspecified atom stereocenters. The summed E-state index contributed by atoms with van der Waals surface area (Å²) in [5.41, 5.74) is 5.86. The summed E-state index contributed by atoms with van der Waals surface area (Å²) in [6.45, 7) is 8.75. The van der Waals surface area contributed by atoms with Crippen molar-refractivity contribution in [3.8, 4) is 11.7 Å². The fraction of sp³-hybridized carbons (Fsp3) is 0.417. The topological polar surface area (TPSA) is 145 Å². The van der Waals surface area contributed by atoms with Gasteiger partial charge in [-0.15, -0.1) is 5.10 Å². The Hall–Kier alpha value is -3.67. The largest absolute Gasteiger partial charge is 0.476 e. The molecular formula is C24H31N7O4S. The van der Waals surface area contributed by atoms with Crippen LogP contribution in [0.3, 0.4) is 0 Å². The van der Waals surface area contributed by atoms with Gasteiger partial charge in [0.2, 0.25) is 5.88 Å². The number of pyridine rings is 2. The molecule has 0 radical (unpaired) electrons. The van der Waals surface area contributed by atoms with Crippen LogP contribution in [0.2, 0.25) is 0 Å². The molecule has 4 heterocycles. The van der Waals surface area contributed by atoms with Crippen LogP contribution in [-0.2, 0) is 10.0 Å². The van der Waals surface area contributed by atoms with E-state index < -0.39 is 15.9 Å². The fourth-order valence-electron chi connectivity index (χ4n) is 4.18. The molecule has 192 valence electrons. The van der Waals surface area contributed by atoms with Crippen LogP contribution >= 0.6 is 0 Å². The van der Waals surface area contributed by atoms with Crippen molar-refractivity contribution >= 4 is 27.6 Å². The van der Waals surface area contributed by atoms with E-state index in [0.29, 0.717) is 30.0 Å². The Balaban J connectivity index is 1.70. The summed E-state index contributed by atoms with van der Waals surface area (Å²) in [6, 6.07) is 7.88. The summed E-state index contributed by atoms with van der Waals surface area (Å²) < 4.78 is 35.1. The molecule has 11 nitrogen and oxygen atoms in total. The van der Waals surface area contributed by atoms with Gasteiger partial charge in [-0.25, -0.2) is 27.8 Å². The van der Waals surface area contributed by atoms with Gasteiger partial charge in [0.25, 0.3) is 15.9 Å². The second-order valence-corrected chi connectivity index (χ2v) is 11.0. The summed E-state index contributed by atoms with van der Waals surface area (Å²) in [5, 5.41) is 4.44. The van der Waals surface area contributed by atoms with E-state index in [2.05, 4.69) is 42.5 Å². The maximum atomic E-state index is 13.3. The number of sulfonamides is 1. The standard InChI is InChI=1S/C24H31N7O4S/c1-15(2)14-35-21-11-13-30(28-21)20-10-9-18(23(27-20)31-16(3)7-8-17(31)4)24(32)29-36(33,34)19-6-5-12-26-22(19)25/h5-6,9-13,15-17H,7-8,14H2,1-4H3,(H2,25,26)(H,29,32)/t16-,17+. The highest BCUT2D eigenvalue weighted by Gasteiger charge is 2.33. The summed E-state index contributed by atoms with van der Waals surface area (Å²) in [5.74, 6) is 0.692. The molecule has 0 aromatic carbocycles. The van der Waals surface area contributed by atoms with Crippen molar-refractivity contribution in [3.63, 3.8) is 0 Å². The van der Waals surface area contributed by atoms with E-state index >= 15 is 0 Å². The van der Waals surface area contributed by atoms with E-state index in [4.69, 9.17) is 15.5 Å². The van der Waals surface area contributed by atoms with Crippen LogP contribution in [-0.4, -0.2) is 52.8 Å². The molecule has 1 amide bonds. The lowest BCUT2D eigenvalue weighted by atomic mass is 10.2. The van der Waals surface area contributed by atoms with Gasteiger partial charge in [0.1, 0.15) is 16.5 Å². The molecule has 3 aromatic heterocycles. The maximum Gasteiger partial charge on any atom is 0.268 e. The molecule has 0 saturated carbocycles. The van der Waals surface area contributed by atoms with Crippen molar-refractivity contribution in [1.29, 1.82) is 0 Å². The zero-order valence-electron chi connectivity index (χ0n) is 20.7. The third-order valence-electron chi connectivity index (χ3n) is 5.98. The Labute approximate surface area is 210 Å². The quantitative estimate of drug-likeness (QED) is 0.464. The molecule has 0 aliphatic carbocycles. The average molecular weight is 514 g/mol. The number of hydrogen-bond donors (Lipinski definition) is 2. The monoisotopic (exact) mass is 513 g/mol. The first-order valence-electron chi connectivity index (χ1n) is 11.8. The van der Waals surface area contributed by atoms with Gasteiger partial charge in [-0.05, 0) is 56.9 Å². The molecule has 0 spiro atoms. The van der Waals surface area contributed by atoms with E-state index in [1.54, 1.807) is 29.1 Å². The molecule has 4 rings (SSSR count). The molecule has 1 aliphatic rings. The average Bonchev–Trinajstić information content (AvgIpc) is 3.43. The number of nitrogens with one attached hydrogen (secondary N) is 1. The van der Waals surface area contributed by atoms with Gasteiger partial charge >= 0.3 is 0 Å². The lowest BCUT2D eigenvalue weighted by Crippen LogP contribution is -2.37. The minimum atomic E-state index is -4.25. The SMILES string of the molecule is CC(C)COc1ccn(-c2ccc(C(=O)NS(=O)(=O)c3cccnc3N)c(N3[C@H](C)CC[C@@H]3C)n2)n1. The van der Waals surface area contributed by atoms with Gasteiger partial charge in [0.05, 0.1) is 12.2 Å². The zero-order chi connectivity index (χ0) is 26.0.